The van der Waals surface area contributed by atoms with Gasteiger partial charge in [-0.05, 0) is 52.0 Å². The molecule has 2 aromatic rings. The van der Waals surface area contributed by atoms with Crippen LogP contribution in [0.5, 0.6) is 0 Å². The molecule has 0 atom stereocenters. The Morgan fingerprint density at radius 2 is 1.91 bits per heavy atom. The summed E-state index contributed by atoms with van der Waals surface area (Å²) in [5.41, 5.74) is 3.50. The van der Waals surface area contributed by atoms with Crippen molar-refractivity contribution in [1.29, 1.82) is 0 Å². The molecule has 0 bridgehead atoms. The van der Waals surface area contributed by atoms with Crippen LogP contribution < -0.4 is 5.32 Å². The van der Waals surface area contributed by atoms with Gasteiger partial charge >= 0.3 is 0 Å². The summed E-state index contributed by atoms with van der Waals surface area (Å²) in [4.78, 5) is 12.5. The van der Waals surface area contributed by atoms with Gasteiger partial charge in [0.25, 0.3) is 0 Å². The quantitative estimate of drug-likeness (QED) is 0.751. The number of ketones is 1. The van der Waals surface area contributed by atoms with E-state index >= 15 is 0 Å². The molecule has 0 radical (unpaired) electrons. The summed E-state index contributed by atoms with van der Waals surface area (Å²) in [7, 11) is 0. The molecule has 0 aliphatic rings. The number of Topliss-reactive ketones (excluding diaryl/α,β-unsaturated/α-hetero) is 1. The minimum atomic E-state index is 0.0380. The SMILES string of the molecule is Cc1cc(C(=O)CNc2cc(Cl)ccc2Cl)c(C)n1C(C)C. The van der Waals surface area contributed by atoms with Crippen LogP contribution in [0.1, 0.15) is 41.6 Å². The molecule has 1 aromatic heterocycles. The van der Waals surface area contributed by atoms with Crippen molar-refractivity contribution < 1.29 is 4.79 Å². The van der Waals surface area contributed by atoms with Crippen molar-refractivity contribution in [2.75, 3.05) is 11.9 Å². The number of carbonyl (C=O) groups is 1. The lowest BCUT2D eigenvalue weighted by molar-refractivity contribution is 0.101. The zero-order valence-corrected chi connectivity index (χ0v) is 14.7. The Hall–Kier alpha value is -1.45. The second-order valence-electron chi connectivity index (χ2n) is 5.65. The molecule has 1 aromatic carbocycles. The first kappa shape index (κ1) is 16.9. The van der Waals surface area contributed by atoms with E-state index in [1.165, 1.54) is 0 Å². The fourth-order valence-electron chi connectivity index (χ4n) is 2.76. The van der Waals surface area contributed by atoms with Gasteiger partial charge in [0.2, 0.25) is 0 Å². The summed E-state index contributed by atoms with van der Waals surface area (Å²) in [6.07, 6.45) is 0. The fourth-order valence-corrected chi connectivity index (χ4v) is 3.11. The summed E-state index contributed by atoms with van der Waals surface area (Å²) in [5, 5.41) is 4.19. The molecule has 0 aliphatic heterocycles. The van der Waals surface area contributed by atoms with Crippen molar-refractivity contribution in [1.82, 2.24) is 4.57 Å². The average molecular weight is 339 g/mol. The first-order valence-electron chi connectivity index (χ1n) is 7.21. The third-order valence-electron chi connectivity index (χ3n) is 3.67. The molecule has 3 nitrogen and oxygen atoms in total. The van der Waals surface area contributed by atoms with Crippen molar-refractivity contribution >= 4 is 34.7 Å². The maximum atomic E-state index is 12.5. The van der Waals surface area contributed by atoms with Crippen LogP contribution in [0.4, 0.5) is 5.69 Å². The number of aryl methyl sites for hydroxylation is 1. The molecule has 5 heteroatoms. The molecule has 0 aliphatic carbocycles. The smallest absolute Gasteiger partial charge is 0.183 e. The average Bonchev–Trinajstić information content (AvgIpc) is 2.74. The van der Waals surface area contributed by atoms with E-state index in [0.29, 0.717) is 21.8 Å². The molecular formula is C17H20Cl2N2O. The van der Waals surface area contributed by atoms with E-state index in [9.17, 15) is 4.79 Å². The number of anilines is 1. The van der Waals surface area contributed by atoms with E-state index < -0.39 is 0 Å². The summed E-state index contributed by atoms with van der Waals surface area (Å²) >= 11 is 12.0. The molecule has 118 valence electrons. The van der Waals surface area contributed by atoms with Gasteiger partial charge in [-0.1, -0.05) is 23.2 Å². The third kappa shape index (κ3) is 3.47. The van der Waals surface area contributed by atoms with Crippen molar-refractivity contribution in [2.24, 2.45) is 0 Å². The van der Waals surface area contributed by atoms with E-state index in [-0.39, 0.29) is 12.3 Å². The van der Waals surface area contributed by atoms with E-state index in [0.717, 1.165) is 17.0 Å². The van der Waals surface area contributed by atoms with Gasteiger partial charge in [0, 0.05) is 28.0 Å². The Balaban J connectivity index is 2.16. The molecule has 1 N–H and O–H groups in total. The van der Waals surface area contributed by atoms with Crippen molar-refractivity contribution in [2.45, 2.75) is 33.7 Å². The minimum absolute atomic E-state index is 0.0380. The highest BCUT2D eigenvalue weighted by molar-refractivity contribution is 6.35. The highest BCUT2D eigenvalue weighted by Crippen LogP contribution is 2.26. The Morgan fingerprint density at radius 1 is 1.23 bits per heavy atom. The first-order chi connectivity index (χ1) is 10.3. The van der Waals surface area contributed by atoms with Crippen LogP contribution in [-0.2, 0) is 0 Å². The largest absolute Gasteiger partial charge is 0.376 e. The Labute approximate surface area is 141 Å². The number of hydrogen-bond acceptors (Lipinski definition) is 2. The molecule has 22 heavy (non-hydrogen) atoms. The van der Waals surface area contributed by atoms with Gasteiger partial charge in [-0.2, -0.15) is 0 Å². The van der Waals surface area contributed by atoms with Crippen LogP contribution >= 0.6 is 23.2 Å². The summed E-state index contributed by atoms with van der Waals surface area (Å²) < 4.78 is 2.17. The number of benzene rings is 1. The fraction of sp³-hybridized carbons (Fsp3) is 0.353. The van der Waals surface area contributed by atoms with E-state index in [4.69, 9.17) is 23.2 Å². The summed E-state index contributed by atoms with van der Waals surface area (Å²) in [6, 6.07) is 7.42. The normalized spacial score (nSPS) is 11.0. The minimum Gasteiger partial charge on any atom is -0.376 e. The lowest BCUT2D eigenvalue weighted by atomic mass is 10.1. The lowest BCUT2D eigenvalue weighted by Gasteiger charge is -2.13. The van der Waals surface area contributed by atoms with Crippen molar-refractivity contribution in [3.05, 3.63) is 51.3 Å². The highest BCUT2D eigenvalue weighted by Gasteiger charge is 2.17. The van der Waals surface area contributed by atoms with Crippen LogP contribution in [0.25, 0.3) is 0 Å². The number of halogens is 2. The highest BCUT2D eigenvalue weighted by atomic mass is 35.5. The van der Waals surface area contributed by atoms with Gasteiger partial charge in [0.15, 0.2) is 5.78 Å². The number of nitrogens with one attached hydrogen (secondary N) is 1. The molecule has 0 spiro atoms. The van der Waals surface area contributed by atoms with Crippen LogP contribution in [0.3, 0.4) is 0 Å². The zero-order valence-electron chi connectivity index (χ0n) is 13.2. The summed E-state index contributed by atoms with van der Waals surface area (Å²) in [5.74, 6) is 0.0380. The molecule has 2 rings (SSSR count). The van der Waals surface area contributed by atoms with Gasteiger partial charge in [-0.15, -0.1) is 0 Å². The number of hydrogen-bond donors (Lipinski definition) is 1. The zero-order chi connectivity index (χ0) is 16.4. The molecule has 1 heterocycles. The standard InChI is InChI=1S/C17H20Cl2N2O/c1-10(2)21-11(3)7-14(12(21)4)17(22)9-20-16-8-13(18)5-6-15(16)19/h5-8,10,20H,9H2,1-4H3. The number of aromatic nitrogens is 1. The molecule has 0 fully saturated rings. The topological polar surface area (TPSA) is 34.0 Å². The van der Waals surface area contributed by atoms with E-state index in [1.54, 1.807) is 18.2 Å². The van der Waals surface area contributed by atoms with Gasteiger partial charge in [0.05, 0.1) is 17.3 Å². The first-order valence-corrected chi connectivity index (χ1v) is 7.97. The van der Waals surface area contributed by atoms with Gasteiger partial charge in [-0.25, -0.2) is 0 Å². The van der Waals surface area contributed by atoms with Crippen molar-refractivity contribution in [3.8, 4) is 0 Å². The molecule has 0 saturated carbocycles. The predicted molar refractivity (Wildman–Crippen MR) is 93.6 cm³/mol. The molecule has 0 saturated heterocycles. The summed E-state index contributed by atoms with van der Waals surface area (Å²) in [6.45, 7) is 8.40. The van der Waals surface area contributed by atoms with Gasteiger partial charge < -0.3 is 9.88 Å². The second-order valence-corrected chi connectivity index (χ2v) is 6.49. The van der Waals surface area contributed by atoms with Crippen molar-refractivity contribution in [3.63, 3.8) is 0 Å². The number of rotatable bonds is 5. The molecule has 0 amide bonds. The monoisotopic (exact) mass is 338 g/mol. The van der Waals surface area contributed by atoms with E-state index in [1.807, 2.05) is 19.9 Å². The maximum absolute atomic E-state index is 12.5. The number of carbonyl (C=O) groups excluding carboxylic acids is 1. The Morgan fingerprint density at radius 3 is 2.50 bits per heavy atom. The molecule has 0 unspecified atom stereocenters. The Bertz CT molecular complexity index is 705. The van der Waals surface area contributed by atoms with Crippen LogP contribution in [0.15, 0.2) is 24.3 Å². The van der Waals surface area contributed by atoms with Crippen LogP contribution in [0, 0.1) is 13.8 Å². The van der Waals surface area contributed by atoms with E-state index in [2.05, 4.69) is 23.7 Å². The maximum Gasteiger partial charge on any atom is 0.183 e. The van der Waals surface area contributed by atoms with Crippen LogP contribution in [0.2, 0.25) is 10.0 Å². The molecular weight excluding hydrogens is 319 g/mol. The van der Waals surface area contributed by atoms with Crippen LogP contribution in [-0.4, -0.2) is 16.9 Å². The third-order valence-corrected chi connectivity index (χ3v) is 4.23. The predicted octanol–water partition coefficient (Wildman–Crippen LogP) is 5.29. The second kappa shape index (κ2) is 6.76. The Kier molecular flexibility index (Phi) is 5.20. The lowest BCUT2D eigenvalue weighted by Crippen LogP contribution is -2.15. The van der Waals surface area contributed by atoms with Gasteiger partial charge in [-0.3, -0.25) is 4.79 Å². The number of nitrogens with zero attached hydrogens (tertiary/aromatic N) is 1. The van der Waals surface area contributed by atoms with Gasteiger partial charge in [0.1, 0.15) is 0 Å².